The lowest BCUT2D eigenvalue weighted by Gasteiger charge is -2.26. The third-order valence-corrected chi connectivity index (χ3v) is 4.56. The maximum Gasteiger partial charge on any atom is 0.227 e. The second-order valence-electron chi connectivity index (χ2n) is 6.62. The largest absolute Gasteiger partial charge is 0.356 e. The molecule has 0 aliphatic carbocycles. The van der Waals surface area contributed by atoms with Crippen molar-refractivity contribution in [1.29, 1.82) is 0 Å². The van der Waals surface area contributed by atoms with E-state index in [1.165, 1.54) is 44.5 Å². The quantitative estimate of drug-likeness (QED) is 0.733. The maximum atomic E-state index is 12.9. The summed E-state index contributed by atoms with van der Waals surface area (Å²) < 4.78 is 18.1. The third kappa shape index (κ3) is 5.62. The molecular weight excluding hydrogens is 335 g/mol. The van der Waals surface area contributed by atoms with E-state index in [4.69, 9.17) is 4.52 Å². The lowest BCUT2D eigenvalue weighted by Crippen LogP contribution is -2.33. The van der Waals surface area contributed by atoms with Crippen LogP contribution in [0.15, 0.2) is 28.8 Å². The second kappa shape index (κ2) is 9.43. The van der Waals surface area contributed by atoms with E-state index in [9.17, 15) is 9.18 Å². The van der Waals surface area contributed by atoms with Gasteiger partial charge in [-0.05, 0) is 63.2 Å². The summed E-state index contributed by atoms with van der Waals surface area (Å²) in [6.45, 7) is 4.11. The van der Waals surface area contributed by atoms with Crippen LogP contribution in [0.4, 0.5) is 4.39 Å². The van der Waals surface area contributed by atoms with Crippen molar-refractivity contribution >= 4 is 5.91 Å². The first kappa shape index (κ1) is 18.5. The monoisotopic (exact) mass is 360 g/mol. The van der Waals surface area contributed by atoms with E-state index in [2.05, 4.69) is 20.4 Å². The zero-order chi connectivity index (χ0) is 18.2. The van der Waals surface area contributed by atoms with Gasteiger partial charge in [-0.2, -0.15) is 4.98 Å². The van der Waals surface area contributed by atoms with Gasteiger partial charge in [0.1, 0.15) is 5.82 Å². The Morgan fingerprint density at radius 2 is 1.96 bits per heavy atom. The number of carbonyl (C=O) groups excluding carboxylic acids is 1. The summed E-state index contributed by atoms with van der Waals surface area (Å²) in [6.07, 6.45) is 5.60. The number of halogens is 1. The van der Waals surface area contributed by atoms with Gasteiger partial charge in [-0.25, -0.2) is 4.39 Å². The number of carbonyl (C=O) groups is 1. The molecule has 26 heavy (non-hydrogen) atoms. The molecule has 2 heterocycles. The van der Waals surface area contributed by atoms with Crippen LogP contribution in [0, 0.1) is 5.82 Å². The van der Waals surface area contributed by atoms with Crippen LogP contribution in [-0.2, 0) is 11.2 Å². The molecule has 0 spiro atoms. The van der Waals surface area contributed by atoms with Gasteiger partial charge in [0.25, 0.3) is 0 Å². The highest BCUT2D eigenvalue weighted by molar-refractivity contribution is 5.75. The number of benzene rings is 1. The minimum Gasteiger partial charge on any atom is -0.356 e. The molecule has 1 aliphatic rings. The molecule has 1 saturated heterocycles. The van der Waals surface area contributed by atoms with Crippen molar-refractivity contribution in [2.45, 2.75) is 38.5 Å². The fourth-order valence-electron chi connectivity index (χ4n) is 3.09. The van der Waals surface area contributed by atoms with Gasteiger partial charge in [-0.1, -0.05) is 11.6 Å². The van der Waals surface area contributed by atoms with Gasteiger partial charge in [-0.15, -0.1) is 0 Å². The van der Waals surface area contributed by atoms with Gasteiger partial charge in [0.2, 0.25) is 17.6 Å². The summed E-state index contributed by atoms with van der Waals surface area (Å²) in [6, 6.07) is 5.89. The number of hydrogen-bond donors (Lipinski definition) is 1. The first-order valence-corrected chi connectivity index (χ1v) is 9.28. The van der Waals surface area contributed by atoms with Crippen LogP contribution < -0.4 is 5.32 Å². The van der Waals surface area contributed by atoms with E-state index in [0.29, 0.717) is 36.7 Å². The van der Waals surface area contributed by atoms with E-state index < -0.39 is 0 Å². The smallest absolute Gasteiger partial charge is 0.227 e. The number of hydrogen-bond acceptors (Lipinski definition) is 5. The summed E-state index contributed by atoms with van der Waals surface area (Å²) in [5.41, 5.74) is 0.684. The first-order valence-electron chi connectivity index (χ1n) is 9.28. The number of aryl methyl sites for hydroxylation is 1. The van der Waals surface area contributed by atoms with Crippen LogP contribution in [0.1, 0.15) is 38.0 Å². The van der Waals surface area contributed by atoms with E-state index in [1.54, 1.807) is 12.1 Å². The molecule has 1 N–H and O–H groups in total. The minimum atomic E-state index is -0.311. The topological polar surface area (TPSA) is 71.3 Å². The Kier molecular flexibility index (Phi) is 6.71. The summed E-state index contributed by atoms with van der Waals surface area (Å²) >= 11 is 0. The van der Waals surface area contributed by atoms with Crippen molar-refractivity contribution in [2.75, 3.05) is 26.2 Å². The highest BCUT2D eigenvalue weighted by Gasteiger charge is 2.12. The van der Waals surface area contributed by atoms with Crippen molar-refractivity contribution < 1.29 is 13.7 Å². The minimum absolute atomic E-state index is 0.00910. The molecule has 0 unspecified atom stereocenters. The van der Waals surface area contributed by atoms with E-state index in [1.807, 2.05) is 0 Å². The van der Waals surface area contributed by atoms with Crippen molar-refractivity contribution in [3.8, 4) is 11.4 Å². The predicted molar refractivity (Wildman–Crippen MR) is 95.9 cm³/mol. The van der Waals surface area contributed by atoms with E-state index in [-0.39, 0.29) is 11.7 Å². The van der Waals surface area contributed by atoms with Gasteiger partial charge < -0.3 is 14.7 Å². The van der Waals surface area contributed by atoms with Gasteiger partial charge >= 0.3 is 0 Å². The van der Waals surface area contributed by atoms with E-state index >= 15 is 0 Å². The van der Waals surface area contributed by atoms with Crippen LogP contribution in [0.5, 0.6) is 0 Å². The maximum absolute atomic E-state index is 12.9. The molecule has 1 amide bonds. The van der Waals surface area contributed by atoms with Gasteiger partial charge in [0.05, 0.1) is 0 Å². The number of likely N-dealkylation sites (tertiary alicyclic amines) is 1. The highest BCUT2D eigenvalue weighted by atomic mass is 19.1. The number of piperidine rings is 1. The van der Waals surface area contributed by atoms with Crippen molar-refractivity contribution in [1.82, 2.24) is 20.4 Å². The molecule has 0 atom stereocenters. The Bertz CT molecular complexity index is 696. The normalized spacial score (nSPS) is 15.1. The zero-order valence-electron chi connectivity index (χ0n) is 14.9. The number of aromatic nitrogens is 2. The van der Waals surface area contributed by atoms with Crippen LogP contribution in [0.3, 0.4) is 0 Å². The van der Waals surface area contributed by atoms with Crippen molar-refractivity contribution in [3.05, 3.63) is 36.0 Å². The molecule has 1 aliphatic heterocycles. The lowest BCUT2D eigenvalue weighted by molar-refractivity contribution is -0.121. The Hall–Kier alpha value is -2.28. The van der Waals surface area contributed by atoms with Crippen molar-refractivity contribution in [2.24, 2.45) is 0 Å². The number of nitrogens with zero attached hydrogens (tertiary/aromatic N) is 3. The molecule has 0 radical (unpaired) electrons. The number of nitrogens with one attached hydrogen (secondary N) is 1. The van der Waals surface area contributed by atoms with Crippen LogP contribution in [-0.4, -0.2) is 47.1 Å². The summed E-state index contributed by atoms with van der Waals surface area (Å²) in [5, 5.41) is 6.82. The molecule has 3 rings (SSSR count). The molecule has 1 fully saturated rings. The molecule has 7 heteroatoms. The number of rotatable bonds is 8. The van der Waals surface area contributed by atoms with Crippen molar-refractivity contribution in [3.63, 3.8) is 0 Å². The molecule has 2 aromatic rings. The Morgan fingerprint density at radius 1 is 1.19 bits per heavy atom. The fourth-order valence-corrected chi connectivity index (χ4v) is 3.09. The Balaban J connectivity index is 1.34. The number of amides is 1. The molecule has 1 aromatic heterocycles. The summed E-state index contributed by atoms with van der Waals surface area (Å²) in [4.78, 5) is 18.6. The Labute approximate surface area is 152 Å². The first-order chi connectivity index (χ1) is 12.7. The molecule has 6 nitrogen and oxygen atoms in total. The molecule has 0 bridgehead atoms. The second-order valence-corrected chi connectivity index (χ2v) is 6.62. The summed E-state index contributed by atoms with van der Waals surface area (Å²) in [7, 11) is 0. The molecule has 0 saturated carbocycles. The van der Waals surface area contributed by atoms with Gasteiger partial charge in [-0.3, -0.25) is 4.79 Å². The standard InChI is InChI=1S/C19H25FN4O2/c20-16-7-5-15(6-8-16)19-22-18(26-23-19)10-9-17(25)21-11-4-14-24-12-2-1-3-13-24/h5-8H,1-4,9-14H2,(H,21,25). The predicted octanol–water partition coefficient (Wildman–Crippen LogP) is 2.80. The van der Waals surface area contributed by atoms with Gasteiger partial charge in [0, 0.05) is 24.9 Å². The molecule has 1 aromatic carbocycles. The van der Waals surface area contributed by atoms with Crippen LogP contribution >= 0.6 is 0 Å². The SMILES string of the molecule is O=C(CCc1nc(-c2ccc(F)cc2)no1)NCCCN1CCCCC1. The molecule has 140 valence electrons. The van der Waals surface area contributed by atoms with E-state index in [0.717, 1.165) is 13.0 Å². The average Bonchev–Trinajstić information content (AvgIpc) is 3.14. The average molecular weight is 360 g/mol. The van der Waals surface area contributed by atoms with Gasteiger partial charge in [0.15, 0.2) is 0 Å². The fraction of sp³-hybridized carbons (Fsp3) is 0.526. The zero-order valence-corrected chi connectivity index (χ0v) is 14.9. The highest BCUT2D eigenvalue weighted by Crippen LogP contribution is 2.16. The third-order valence-electron chi connectivity index (χ3n) is 4.56. The lowest BCUT2D eigenvalue weighted by atomic mass is 10.1. The van der Waals surface area contributed by atoms with Crippen LogP contribution in [0.25, 0.3) is 11.4 Å². The molecular formula is C19H25FN4O2. The summed E-state index contributed by atoms with van der Waals surface area (Å²) in [5.74, 6) is 0.495. The Morgan fingerprint density at radius 3 is 2.73 bits per heavy atom. The van der Waals surface area contributed by atoms with Crippen LogP contribution in [0.2, 0.25) is 0 Å².